The van der Waals surface area contributed by atoms with E-state index in [0.717, 1.165) is 19.3 Å². The molecule has 1 aliphatic rings. The van der Waals surface area contributed by atoms with Gasteiger partial charge in [0, 0.05) is 24.5 Å². The highest BCUT2D eigenvalue weighted by Crippen LogP contribution is 2.33. The van der Waals surface area contributed by atoms with E-state index >= 15 is 0 Å². The van der Waals surface area contributed by atoms with Gasteiger partial charge in [-0.05, 0) is 26.2 Å². The van der Waals surface area contributed by atoms with Crippen LogP contribution in [0.1, 0.15) is 39.2 Å². The van der Waals surface area contributed by atoms with Crippen molar-refractivity contribution in [2.75, 3.05) is 5.32 Å². The average molecular weight is 207 g/mol. The standard InChI is InChI=1S/C11H17N3O/c1-3-8(2)13-10-11(15)14(7-6-12-10)9-4-5-9/h6-9H,3-5H2,1-2H3,(H,12,13). The lowest BCUT2D eigenvalue weighted by atomic mass is 10.3. The van der Waals surface area contributed by atoms with Gasteiger partial charge >= 0.3 is 0 Å². The molecule has 0 amide bonds. The number of nitrogens with zero attached hydrogens (tertiary/aromatic N) is 2. The molecule has 0 aliphatic heterocycles. The van der Waals surface area contributed by atoms with Crippen LogP contribution < -0.4 is 10.9 Å². The summed E-state index contributed by atoms with van der Waals surface area (Å²) in [6.45, 7) is 4.13. The van der Waals surface area contributed by atoms with Gasteiger partial charge in [-0.25, -0.2) is 4.98 Å². The van der Waals surface area contributed by atoms with Crippen LogP contribution >= 0.6 is 0 Å². The third kappa shape index (κ3) is 2.19. The van der Waals surface area contributed by atoms with Crippen LogP contribution in [0, 0.1) is 0 Å². The molecule has 1 unspecified atom stereocenters. The molecule has 0 spiro atoms. The summed E-state index contributed by atoms with van der Waals surface area (Å²) in [5, 5.41) is 3.14. The van der Waals surface area contributed by atoms with Crippen molar-refractivity contribution in [2.24, 2.45) is 0 Å². The molecule has 1 atom stereocenters. The molecule has 15 heavy (non-hydrogen) atoms. The van der Waals surface area contributed by atoms with Crippen molar-refractivity contribution in [1.29, 1.82) is 0 Å². The zero-order chi connectivity index (χ0) is 10.8. The fraction of sp³-hybridized carbons (Fsp3) is 0.636. The van der Waals surface area contributed by atoms with E-state index in [-0.39, 0.29) is 5.56 Å². The van der Waals surface area contributed by atoms with Crippen molar-refractivity contribution in [3.05, 3.63) is 22.7 Å². The second kappa shape index (κ2) is 4.04. The van der Waals surface area contributed by atoms with Gasteiger partial charge in [-0.1, -0.05) is 6.92 Å². The van der Waals surface area contributed by atoms with Gasteiger partial charge in [0.05, 0.1) is 0 Å². The molecular formula is C11H17N3O. The Hall–Kier alpha value is -1.32. The first-order valence-corrected chi connectivity index (χ1v) is 5.56. The van der Waals surface area contributed by atoms with E-state index in [1.54, 1.807) is 17.0 Å². The normalized spacial score (nSPS) is 17.5. The Bertz CT molecular complexity index is 395. The Labute approximate surface area is 89.3 Å². The molecule has 1 aromatic heterocycles. The van der Waals surface area contributed by atoms with E-state index in [2.05, 4.69) is 24.1 Å². The molecule has 0 saturated heterocycles. The molecule has 1 saturated carbocycles. The van der Waals surface area contributed by atoms with Crippen molar-refractivity contribution in [3.63, 3.8) is 0 Å². The zero-order valence-corrected chi connectivity index (χ0v) is 9.23. The fourth-order valence-electron chi connectivity index (χ4n) is 1.50. The number of nitrogens with one attached hydrogen (secondary N) is 1. The number of aromatic nitrogens is 2. The Kier molecular flexibility index (Phi) is 2.75. The van der Waals surface area contributed by atoms with Gasteiger partial charge in [0.1, 0.15) is 0 Å². The monoisotopic (exact) mass is 207 g/mol. The lowest BCUT2D eigenvalue weighted by Gasteiger charge is -2.12. The summed E-state index contributed by atoms with van der Waals surface area (Å²) in [5.41, 5.74) is 0.0142. The van der Waals surface area contributed by atoms with Crippen LogP contribution in [0.3, 0.4) is 0 Å². The Morgan fingerprint density at radius 2 is 2.40 bits per heavy atom. The average Bonchev–Trinajstić information content (AvgIpc) is 3.04. The molecule has 0 bridgehead atoms. The number of hydrogen-bond donors (Lipinski definition) is 1. The van der Waals surface area contributed by atoms with Gasteiger partial charge in [0.2, 0.25) is 0 Å². The summed E-state index contributed by atoms with van der Waals surface area (Å²) in [6.07, 6.45) is 6.70. The summed E-state index contributed by atoms with van der Waals surface area (Å²) in [5.74, 6) is 0.485. The van der Waals surface area contributed by atoms with E-state index in [0.29, 0.717) is 17.9 Å². The van der Waals surface area contributed by atoms with Crippen molar-refractivity contribution < 1.29 is 0 Å². The van der Waals surface area contributed by atoms with Crippen LogP contribution in [-0.2, 0) is 0 Å². The largest absolute Gasteiger partial charge is 0.363 e. The first-order valence-electron chi connectivity index (χ1n) is 5.56. The predicted octanol–water partition coefficient (Wildman–Crippen LogP) is 1.79. The highest BCUT2D eigenvalue weighted by molar-refractivity contribution is 5.32. The molecule has 1 aliphatic carbocycles. The second-order valence-electron chi connectivity index (χ2n) is 4.17. The van der Waals surface area contributed by atoms with E-state index < -0.39 is 0 Å². The topological polar surface area (TPSA) is 46.9 Å². The first kappa shape index (κ1) is 10.2. The highest BCUT2D eigenvalue weighted by Gasteiger charge is 2.25. The minimum Gasteiger partial charge on any atom is -0.363 e. The summed E-state index contributed by atoms with van der Waals surface area (Å²) in [6, 6.07) is 0.707. The van der Waals surface area contributed by atoms with Crippen molar-refractivity contribution >= 4 is 5.82 Å². The molecule has 1 heterocycles. The molecule has 2 rings (SSSR count). The Morgan fingerprint density at radius 3 is 3.00 bits per heavy atom. The van der Waals surface area contributed by atoms with Crippen LogP contribution in [0.2, 0.25) is 0 Å². The summed E-state index contributed by atoms with van der Waals surface area (Å²) in [4.78, 5) is 16.0. The molecule has 4 nitrogen and oxygen atoms in total. The zero-order valence-electron chi connectivity index (χ0n) is 9.23. The van der Waals surface area contributed by atoms with Crippen molar-refractivity contribution in [2.45, 2.75) is 45.2 Å². The van der Waals surface area contributed by atoms with E-state index in [1.165, 1.54) is 0 Å². The van der Waals surface area contributed by atoms with Gasteiger partial charge in [-0.3, -0.25) is 4.79 Å². The number of rotatable bonds is 4. The Balaban J connectivity index is 2.24. The van der Waals surface area contributed by atoms with Crippen LogP contribution in [0.5, 0.6) is 0 Å². The van der Waals surface area contributed by atoms with Gasteiger partial charge < -0.3 is 9.88 Å². The van der Waals surface area contributed by atoms with E-state index in [9.17, 15) is 4.79 Å². The summed E-state index contributed by atoms with van der Waals surface area (Å²) < 4.78 is 1.79. The predicted molar refractivity (Wildman–Crippen MR) is 60.1 cm³/mol. The summed E-state index contributed by atoms with van der Waals surface area (Å²) >= 11 is 0. The van der Waals surface area contributed by atoms with Gasteiger partial charge in [0.15, 0.2) is 5.82 Å². The molecule has 1 aromatic rings. The SMILES string of the molecule is CCC(C)Nc1nccn(C2CC2)c1=O. The lowest BCUT2D eigenvalue weighted by molar-refractivity contribution is 0.689. The van der Waals surface area contributed by atoms with Crippen molar-refractivity contribution in [1.82, 2.24) is 9.55 Å². The highest BCUT2D eigenvalue weighted by atomic mass is 16.1. The van der Waals surface area contributed by atoms with Crippen LogP contribution in [0.25, 0.3) is 0 Å². The third-order valence-corrected chi connectivity index (χ3v) is 2.80. The van der Waals surface area contributed by atoms with Crippen LogP contribution in [0.15, 0.2) is 17.2 Å². The van der Waals surface area contributed by atoms with Crippen molar-refractivity contribution in [3.8, 4) is 0 Å². The second-order valence-corrected chi connectivity index (χ2v) is 4.17. The molecular weight excluding hydrogens is 190 g/mol. The minimum absolute atomic E-state index is 0.0142. The summed E-state index contributed by atoms with van der Waals surface area (Å²) in [7, 11) is 0. The van der Waals surface area contributed by atoms with Crippen LogP contribution in [0.4, 0.5) is 5.82 Å². The molecule has 0 aromatic carbocycles. The molecule has 1 N–H and O–H groups in total. The Morgan fingerprint density at radius 1 is 1.67 bits per heavy atom. The fourth-order valence-corrected chi connectivity index (χ4v) is 1.50. The van der Waals surface area contributed by atoms with E-state index in [1.807, 2.05) is 0 Å². The van der Waals surface area contributed by atoms with E-state index in [4.69, 9.17) is 0 Å². The third-order valence-electron chi connectivity index (χ3n) is 2.80. The quantitative estimate of drug-likeness (QED) is 0.818. The van der Waals surface area contributed by atoms with Crippen LogP contribution in [-0.4, -0.2) is 15.6 Å². The molecule has 0 radical (unpaired) electrons. The lowest BCUT2D eigenvalue weighted by Crippen LogP contribution is -2.27. The van der Waals surface area contributed by atoms with Gasteiger partial charge in [-0.2, -0.15) is 0 Å². The van der Waals surface area contributed by atoms with Gasteiger partial charge in [-0.15, -0.1) is 0 Å². The maximum Gasteiger partial charge on any atom is 0.293 e. The maximum absolute atomic E-state index is 11.9. The molecule has 4 heteroatoms. The van der Waals surface area contributed by atoms with Gasteiger partial charge in [0.25, 0.3) is 5.56 Å². The number of hydrogen-bond acceptors (Lipinski definition) is 3. The minimum atomic E-state index is 0.0142. The molecule has 1 fully saturated rings. The number of anilines is 1. The molecule has 82 valence electrons. The maximum atomic E-state index is 11.9. The smallest absolute Gasteiger partial charge is 0.293 e. The first-order chi connectivity index (χ1) is 7.22.